The second-order valence-electron chi connectivity index (χ2n) is 7.95. The molecule has 3 N–H and O–H groups in total. The van der Waals surface area contributed by atoms with Gasteiger partial charge in [0.2, 0.25) is 0 Å². The molecule has 1 saturated heterocycles. The molecule has 0 bridgehead atoms. The highest BCUT2D eigenvalue weighted by Gasteiger charge is 2.38. The summed E-state index contributed by atoms with van der Waals surface area (Å²) in [6, 6.07) is 0.659. The van der Waals surface area contributed by atoms with E-state index in [9.17, 15) is 4.79 Å². The zero-order valence-corrected chi connectivity index (χ0v) is 13.5. The Kier molecular flexibility index (Phi) is 4.62. The third-order valence-corrected chi connectivity index (χ3v) is 4.47. The van der Waals surface area contributed by atoms with Crippen LogP contribution < -0.4 is 16.0 Å². The van der Waals surface area contributed by atoms with Crippen molar-refractivity contribution in [2.24, 2.45) is 0 Å². The maximum atomic E-state index is 12.2. The van der Waals surface area contributed by atoms with E-state index in [2.05, 4.69) is 43.6 Å². The van der Waals surface area contributed by atoms with Gasteiger partial charge in [0.25, 0.3) is 0 Å². The molecule has 1 saturated carbocycles. The lowest BCUT2D eigenvalue weighted by Crippen LogP contribution is -2.63. The van der Waals surface area contributed by atoms with E-state index in [4.69, 9.17) is 0 Å². The summed E-state index contributed by atoms with van der Waals surface area (Å²) in [5, 5.41) is 9.98. The Morgan fingerprint density at radius 3 is 1.95 bits per heavy atom. The second-order valence-corrected chi connectivity index (χ2v) is 7.95. The highest BCUT2D eigenvalue weighted by molar-refractivity contribution is 5.74. The Labute approximate surface area is 123 Å². The Morgan fingerprint density at radius 1 is 0.900 bits per heavy atom. The number of hydrogen-bond donors (Lipinski definition) is 3. The first-order valence-electron chi connectivity index (χ1n) is 8.12. The summed E-state index contributed by atoms with van der Waals surface area (Å²) in [6.07, 6.45) is 8.05. The van der Waals surface area contributed by atoms with Gasteiger partial charge in [-0.2, -0.15) is 0 Å². The Hall–Kier alpha value is -0.770. The Morgan fingerprint density at radius 2 is 1.40 bits per heavy atom. The molecule has 2 aliphatic rings. The number of rotatable bonds is 2. The van der Waals surface area contributed by atoms with Crippen molar-refractivity contribution >= 4 is 6.03 Å². The van der Waals surface area contributed by atoms with Gasteiger partial charge in [-0.1, -0.05) is 19.3 Å². The van der Waals surface area contributed by atoms with Crippen molar-refractivity contribution in [3.8, 4) is 0 Å². The van der Waals surface area contributed by atoms with Gasteiger partial charge >= 0.3 is 6.03 Å². The van der Waals surface area contributed by atoms with Gasteiger partial charge < -0.3 is 16.0 Å². The molecule has 2 fully saturated rings. The second kappa shape index (κ2) is 5.92. The minimum Gasteiger partial charge on any atom is -0.335 e. The largest absolute Gasteiger partial charge is 0.335 e. The topological polar surface area (TPSA) is 53.2 Å². The van der Waals surface area contributed by atoms with Crippen LogP contribution in [0.5, 0.6) is 0 Å². The van der Waals surface area contributed by atoms with Crippen LogP contribution in [-0.2, 0) is 0 Å². The maximum Gasteiger partial charge on any atom is 0.315 e. The molecule has 20 heavy (non-hydrogen) atoms. The summed E-state index contributed by atoms with van der Waals surface area (Å²) in [6.45, 7) is 8.84. The Bertz CT molecular complexity index is 330. The van der Waals surface area contributed by atoms with Gasteiger partial charge in [0.1, 0.15) is 0 Å². The van der Waals surface area contributed by atoms with Gasteiger partial charge in [-0.25, -0.2) is 4.79 Å². The number of urea groups is 1. The molecule has 0 unspecified atom stereocenters. The first kappa shape index (κ1) is 15.6. The number of amides is 2. The lowest BCUT2D eigenvalue weighted by atomic mass is 9.80. The number of carbonyl (C=O) groups excluding carboxylic acids is 1. The predicted molar refractivity (Wildman–Crippen MR) is 82.9 cm³/mol. The smallest absolute Gasteiger partial charge is 0.315 e. The van der Waals surface area contributed by atoms with Crippen molar-refractivity contribution in [3.63, 3.8) is 0 Å². The van der Waals surface area contributed by atoms with E-state index in [1.165, 1.54) is 19.3 Å². The van der Waals surface area contributed by atoms with Gasteiger partial charge in [0.05, 0.1) is 0 Å². The normalized spacial score (nSPS) is 27.0. The molecule has 0 aromatic rings. The van der Waals surface area contributed by atoms with Gasteiger partial charge in [0.15, 0.2) is 0 Å². The van der Waals surface area contributed by atoms with E-state index in [-0.39, 0.29) is 23.2 Å². The SMILES string of the molecule is CC1(C)CC(NC(=O)NC2CCCCC2)CC(C)(C)N1. The molecular formula is C16H31N3O. The quantitative estimate of drug-likeness (QED) is 0.729. The minimum absolute atomic E-state index is 0.0235. The van der Waals surface area contributed by atoms with Gasteiger partial charge in [-0.3, -0.25) is 0 Å². The van der Waals surface area contributed by atoms with Crippen LogP contribution in [0.2, 0.25) is 0 Å². The van der Waals surface area contributed by atoms with E-state index in [0.29, 0.717) is 6.04 Å². The van der Waals surface area contributed by atoms with Crippen LogP contribution in [0.15, 0.2) is 0 Å². The predicted octanol–water partition coefficient (Wildman–Crippen LogP) is 2.93. The molecule has 0 radical (unpaired) electrons. The third kappa shape index (κ3) is 4.65. The average Bonchev–Trinajstić information content (AvgIpc) is 2.25. The molecule has 0 aromatic carbocycles. The summed E-state index contributed by atoms with van der Waals surface area (Å²) in [5.41, 5.74) is 0.148. The Balaban J connectivity index is 1.83. The van der Waals surface area contributed by atoms with Crippen LogP contribution in [0.4, 0.5) is 4.79 Å². The molecule has 0 spiro atoms. The van der Waals surface area contributed by atoms with E-state index in [1.807, 2.05) is 0 Å². The maximum absolute atomic E-state index is 12.2. The van der Waals surface area contributed by atoms with Crippen LogP contribution in [0.25, 0.3) is 0 Å². The van der Waals surface area contributed by atoms with Gasteiger partial charge in [-0.05, 0) is 53.4 Å². The summed E-state index contributed by atoms with van der Waals surface area (Å²) < 4.78 is 0. The fourth-order valence-electron chi connectivity index (χ4n) is 4.08. The van der Waals surface area contributed by atoms with Crippen LogP contribution in [0.1, 0.15) is 72.6 Å². The number of nitrogens with one attached hydrogen (secondary N) is 3. The van der Waals surface area contributed by atoms with Crippen LogP contribution in [0, 0.1) is 0 Å². The first-order chi connectivity index (χ1) is 9.26. The monoisotopic (exact) mass is 281 g/mol. The molecule has 1 aliphatic heterocycles. The highest BCUT2D eigenvalue weighted by Crippen LogP contribution is 2.28. The van der Waals surface area contributed by atoms with Crippen molar-refractivity contribution in [3.05, 3.63) is 0 Å². The van der Waals surface area contributed by atoms with Crippen molar-refractivity contribution in [2.45, 2.75) is 95.8 Å². The minimum atomic E-state index is 0.0235. The summed E-state index contributed by atoms with van der Waals surface area (Å²) in [5.74, 6) is 0. The molecule has 4 nitrogen and oxygen atoms in total. The van der Waals surface area contributed by atoms with Crippen LogP contribution in [0.3, 0.4) is 0 Å². The molecular weight excluding hydrogens is 250 g/mol. The fraction of sp³-hybridized carbons (Fsp3) is 0.938. The van der Waals surface area contributed by atoms with Crippen LogP contribution >= 0.6 is 0 Å². The van der Waals surface area contributed by atoms with Gasteiger partial charge in [-0.15, -0.1) is 0 Å². The third-order valence-electron chi connectivity index (χ3n) is 4.47. The first-order valence-corrected chi connectivity index (χ1v) is 8.12. The van der Waals surface area contributed by atoms with E-state index in [0.717, 1.165) is 25.7 Å². The molecule has 4 heteroatoms. The molecule has 116 valence electrons. The molecule has 0 atom stereocenters. The van der Waals surface area contributed by atoms with E-state index < -0.39 is 0 Å². The molecule has 0 aromatic heterocycles. The fourth-order valence-corrected chi connectivity index (χ4v) is 4.08. The van der Waals surface area contributed by atoms with Crippen molar-refractivity contribution in [1.29, 1.82) is 0 Å². The molecule has 2 amide bonds. The van der Waals surface area contributed by atoms with Crippen molar-refractivity contribution < 1.29 is 4.79 Å². The molecule has 1 heterocycles. The zero-order valence-electron chi connectivity index (χ0n) is 13.5. The lowest BCUT2D eigenvalue weighted by molar-refractivity contribution is 0.146. The highest BCUT2D eigenvalue weighted by atomic mass is 16.2. The summed E-state index contributed by atoms with van der Waals surface area (Å²) in [7, 11) is 0. The lowest BCUT2D eigenvalue weighted by Gasteiger charge is -2.46. The van der Waals surface area contributed by atoms with E-state index >= 15 is 0 Å². The summed E-state index contributed by atoms with van der Waals surface area (Å²) in [4.78, 5) is 12.2. The van der Waals surface area contributed by atoms with Crippen molar-refractivity contribution in [1.82, 2.24) is 16.0 Å². The number of piperidine rings is 1. The molecule has 1 aliphatic carbocycles. The van der Waals surface area contributed by atoms with Gasteiger partial charge in [0, 0.05) is 23.2 Å². The average molecular weight is 281 g/mol. The van der Waals surface area contributed by atoms with Crippen molar-refractivity contribution in [2.75, 3.05) is 0 Å². The molecule has 2 rings (SSSR count). The van der Waals surface area contributed by atoms with Crippen LogP contribution in [-0.4, -0.2) is 29.2 Å². The standard InChI is InChI=1S/C16H31N3O/c1-15(2)10-13(11-16(3,4)19-15)18-14(20)17-12-8-6-5-7-9-12/h12-13,19H,5-11H2,1-4H3,(H2,17,18,20). The number of hydrogen-bond acceptors (Lipinski definition) is 2. The zero-order chi connectivity index (χ0) is 14.8. The number of carbonyl (C=O) groups is 1. The van der Waals surface area contributed by atoms with E-state index in [1.54, 1.807) is 0 Å². The summed E-state index contributed by atoms with van der Waals surface area (Å²) >= 11 is 0.